The van der Waals surface area contributed by atoms with Gasteiger partial charge in [-0.15, -0.1) is 0 Å². The predicted molar refractivity (Wildman–Crippen MR) is 94.8 cm³/mol. The minimum atomic E-state index is 0.587. The van der Waals surface area contributed by atoms with Crippen molar-refractivity contribution in [1.29, 1.82) is 5.26 Å². The molecule has 1 N–H and O–H groups in total. The third kappa shape index (κ3) is 3.21. The average Bonchev–Trinajstić information content (AvgIpc) is 3.47. The fraction of sp³-hybridized carbons (Fsp3) is 0.250. The fourth-order valence-corrected chi connectivity index (χ4v) is 2.92. The van der Waals surface area contributed by atoms with Crippen molar-refractivity contribution in [3.05, 3.63) is 65.5 Å². The fourth-order valence-electron chi connectivity index (χ4n) is 2.92. The van der Waals surface area contributed by atoms with E-state index in [0.29, 0.717) is 17.3 Å². The van der Waals surface area contributed by atoms with Crippen molar-refractivity contribution in [3.63, 3.8) is 0 Å². The molecule has 0 unspecified atom stereocenters. The summed E-state index contributed by atoms with van der Waals surface area (Å²) in [5.74, 6) is 2.09. The lowest BCUT2D eigenvalue weighted by molar-refractivity contribution is 1.03. The number of nitriles is 1. The summed E-state index contributed by atoms with van der Waals surface area (Å²) in [6.07, 6.45) is 12.9. The van der Waals surface area contributed by atoms with Gasteiger partial charge in [-0.25, -0.2) is 9.97 Å². The molecule has 0 atom stereocenters. The zero-order chi connectivity index (χ0) is 16.4. The van der Waals surface area contributed by atoms with E-state index < -0.39 is 0 Å². The van der Waals surface area contributed by atoms with E-state index in [9.17, 15) is 0 Å². The van der Waals surface area contributed by atoms with E-state index in [2.05, 4.69) is 46.7 Å². The minimum absolute atomic E-state index is 0.587. The first kappa shape index (κ1) is 14.6. The molecule has 4 heteroatoms. The van der Waals surface area contributed by atoms with Crippen LogP contribution in [0.5, 0.6) is 0 Å². The maximum absolute atomic E-state index is 9.03. The summed E-state index contributed by atoms with van der Waals surface area (Å²) in [5, 5.41) is 12.3. The van der Waals surface area contributed by atoms with E-state index in [4.69, 9.17) is 10.2 Å². The summed E-state index contributed by atoms with van der Waals surface area (Å²) in [7, 11) is 0. The highest BCUT2D eigenvalue weighted by molar-refractivity contribution is 5.74. The van der Waals surface area contributed by atoms with Crippen LogP contribution in [0, 0.1) is 11.3 Å². The maximum Gasteiger partial charge on any atom is 0.132 e. The summed E-state index contributed by atoms with van der Waals surface area (Å²) in [6.45, 7) is 0. The van der Waals surface area contributed by atoms with Crippen molar-refractivity contribution in [1.82, 2.24) is 9.97 Å². The molecule has 0 bridgehead atoms. The van der Waals surface area contributed by atoms with Gasteiger partial charge in [-0.2, -0.15) is 5.26 Å². The molecule has 2 aliphatic rings. The van der Waals surface area contributed by atoms with Crippen LogP contribution < -0.4 is 5.32 Å². The number of nitrogens with one attached hydrogen (secondary N) is 1. The molecule has 1 saturated carbocycles. The molecule has 0 aromatic carbocycles. The van der Waals surface area contributed by atoms with Crippen LogP contribution in [-0.4, -0.2) is 9.97 Å². The topological polar surface area (TPSA) is 61.6 Å². The molecule has 2 heterocycles. The van der Waals surface area contributed by atoms with Gasteiger partial charge in [-0.1, -0.05) is 18.2 Å². The van der Waals surface area contributed by atoms with Gasteiger partial charge in [0.2, 0.25) is 0 Å². The Labute approximate surface area is 141 Å². The molecule has 0 aliphatic heterocycles. The summed E-state index contributed by atoms with van der Waals surface area (Å²) in [4.78, 5) is 9.05. The van der Waals surface area contributed by atoms with E-state index in [1.807, 2.05) is 0 Å². The average molecular weight is 314 g/mol. The van der Waals surface area contributed by atoms with Gasteiger partial charge in [-0.3, -0.25) is 0 Å². The minimum Gasteiger partial charge on any atom is -0.325 e. The van der Waals surface area contributed by atoms with Gasteiger partial charge >= 0.3 is 0 Å². The Kier molecular flexibility index (Phi) is 3.84. The standard InChI is InChI=1S/C20H18N4/c21-13-14-8-9-22-19(10-14)24-20-12-17(15-6-7-15)11-18(23-20)16-4-2-1-3-5-16/h2,4-5,8-12,15H,1,3,6-7H2,(H,22,23,24). The van der Waals surface area contributed by atoms with Crippen LogP contribution in [0.15, 0.2) is 48.7 Å². The number of anilines is 2. The summed E-state index contributed by atoms with van der Waals surface area (Å²) in [5.41, 5.74) is 4.11. The first-order valence-electron chi connectivity index (χ1n) is 8.34. The number of hydrogen-bond donors (Lipinski definition) is 1. The van der Waals surface area contributed by atoms with Crippen LogP contribution in [0.4, 0.5) is 11.6 Å². The molecule has 2 aromatic rings. The Morgan fingerprint density at radius 2 is 2.04 bits per heavy atom. The number of nitrogens with zero attached hydrogens (tertiary/aromatic N) is 3. The lowest BCUT2D eigenvalue weighted by Crippen LogP contribution is -2.01. The largest absolute Gasteiger partial charge is 0.325 e. The lowest BCUT2D eigenvalue weighted by Gasteiger charge is -2.12. The summed E-state index contributed by atoms with van der Waals surface area (Å²) >= 11 is 0. The Balaban J connectivity index is 1.69. The second-order valence-electron chi connectivity index (χ2n) is 6.25. The molecule has 0 amide bonds. The van der Waals surface area contributed by atoms with E-state index in [-0.39, 0.29) is 0 Å². The van der Waals surface area contributed by atoms with Crippen LogP contribution >= 0.6 is 0 Å². The Bertz CT molecular complexity index is 869. The smallest absolute Gasteiger partial charge is 0.132 e. The molecule has 2 aliphatic carbocycles. The molecule has 2 aromatic heterocycles. The van der Waals surface area contributed by atoms with E-state index in [1.165, 1.54) is 24.0 Å². The van der Waals surface area contributed by atoms with Gasteiger partial charge in [0.15, 0.2) is 0 Å². The molecule has 0 saturated heterocycles. The van der Waals surface area contributed by atoms with Crippen LogP contribution in [0.25, 0.3) is 5.57 Å². The number of hydrogen-bond acceptors (Lipinski definition) is 4. The molecule has 24 heavy (non-hydrogen) atoms. The highest BCUT2D eigenvalue weighted by atomic mass is 15.1. The van der Waals surface area contributed by atoms with Crippen LogP contribution in [-0.2, 0) is 0 Å². The van der Waals surface area contributed by atoms with Gasteiger partial charge in [-0.05, 0) is 67.0 Å². The Morgan fingerprint density at radius 3 is 2.79 bits per heavy atom. The van der Waals surface area contributed by atoms with E-state index in [1.54, 1.807) is 18.3 Å². The summed E-state index contributed by atoms with van der Waals surface area (Å²) < 4.78 is 0. The van der Waals surface area contributed by atoms with Crippen LogP contribution in [0.1, 0.15) is 48.4 Å². The third-order valence-corrected chi connectivity index (χ3v) is 4.33. The number of rotatable bonds is 4. The van der Waals surface area contributed by atoms with E-state index >= 15 is 0 Å². The zero-order valence-electron chi connectivity index (χ0n) is 13.4. The van der Waals surface area contributed by atoms with Gasteiger partial charge in [0, 0.05) is 6.20 Å². The Hall–Kier alpha value is -2.93. The molecule has 1 fully saturated rings. The first-order chi connectivity index (χ1) is 11.8. The van der Waals surface area contributed by atoms with Gasteiger partial charge < -0.3 is 5.32 Å². The SMILES string of the molecule is N#Cc1ccnc(Nc2cc(C3CC3)cc(C3=CCCC=C3)n2)c1. The quantitative estimate of drug-likeness (QED) is 0.888. The second kappa shape index (κ2) is 6.29. The van der Waals surface area contributed by atoms with Crippen molar-refractivity contribution in [2.75, 3.05) is 5.32 Å². The molecular formula is C20H18N4. The second-order valence-corrected chi connectivity index (χ2v) is 6.25. The Morgan fingerprint density at radius 1 is 1.12 bits per heavy atom. The normalized spacial score (nSPS) is 16.4. The molecule has 4 rings (SSSR count). The maximum atomic E-state index is 9.03. The van der Waals surface area contributed by atoms with E-state index in [0.717, 1.165) is 24.4 Å². The third-order valence-electron chi connectivity index (χ3n) is 4.33. The lowest BCUT2D eigenvalue weighted by atomic mass is 10.0. The molecule has 0 radical (unpaired) electrons. The zero-order valence-corrected chi connectivity index (χ0v) is 13.4. The van der Waals surface area contributed by atoms with Gasteiger partial charge in [0.1, 0.15) is 11.6 Å². The highest BCUT2D eigenvalue weighted by Crippen LogP contribution is 2.41. The number of aromatic nitrogens is 2. The molecule has 4 nitrogen and oxygen atoms in total. The predicted octanol–water partition coefficient (Wildman–Crippen LogP) is 4.70. The van der Waals surface area contributed by atoms with Gasteiger partial charge in [0.25, 0.3) is 0 Å². The molecule has 118 valence electrons. The van der Waals surface area contributed by atoms with Crippen molar-refractivity contribution in [2.45, 2.75) is 31.6 Å². The van der Waals surface area contributed by atoms with Crippen molar-refractivity contribution >= 4 is 17.2 Å². The van der Waals surface area contributed by atoms with Gasteiger partial charge in [0.05, 0.1) is 17.3 Å². The highest BCUT2D eigenvalue weighted by Gasteiger charge is 2.25. The number of pyridine rings is 2. The number of allylic oxidation sites excluding steroid dienone is 4. The first-order valence-corrected chi connectivity index (χ1v) is 8.34. The summed E-state index contributed by atoms with van der Waals surface area (Å²) in [6, 6.07) is 9.89. The monoisotopic (exact) mass is 314 g/mol. The van der Waals surface area contributed by atoms with Crippen molar-refractivity contribution in [2.24, 2.45) is 0 Å². The molecule has 0 spiro atoms. The molecular weight excluding hydrogens is 296 g/mol. The van der Waals surface area contributed by atoms with Crippen molar-refractivity contribution < 1.29 is 0 Å². The van der Waals surface area contributed by atoms with Crippen LogP contribution in [0.3, 0.4) is 0 Å². The van der Waals surface area contributed by atoms with Crippen LogP contribution in [0.2, 0.25) is 0 Å². The van der Waals surface area contributed by atoms with Crippen molar-refractivity contribution in [3.8, 4) is 6.07 Å².